The molecule has 0 saturated carbocycles. The number of ether oxygens (including phenoxy) is 1. The van der Waals surface area contributed by atoms with Crippen LogP contribution in [0.5, 0.6) is 0 Å². The molecule has 2 heterocycles. The highest BCUT2D eigenvalue weighted by Crippen LogP contribution is 2.32. The van der Waals surface area contributed by atoms with Crippen LogP contribution in [0.1, 0.15) is 30.9 Å². The molecule has 3 heteroatoms. The fraction of sp³-hybridized carbons (Fsp3) is 0.647. The van der Waals surface area contributed by atoms with Gasteiger partial charge in [0, 0.05) is 38.0 Å². The molecular weight excluding hydrogens is 248 g/mol. The predicted octanol–water partition coefficient (Wildman–Crippen LogP) is 2.37. The maximum absolute atomic E-state index is 5.98. The van der Waals surface area contributed by atoms with E-state index in [1.54, 1.807) is 0 Å². The largest absolute Gasteiger partial charge is 0.381 e. The average Bonchev–Trinajstić information content (AvgIpc) is 2.84. The summed E-state index contributed by atoms with van der Waals surface area (Å²) >= 11 is 0. The second-order valence-electron chi connectivity index (χ2n) is 6.35. The van der Waals surface area contributed by atoms with Crippen molar-refractivity contribution in [1.82, 2.24) is 0 Å². The van der Waals surface area contributed by atoms with Crippen molar-refractivity contribution in [3.05, 3.63) is 29.3 Å². The van der Waals surface area contributed by atoms with E-state index in [0.29, 0.717) is 0 Å². The Kier molecular flexibility index (Phi) is 4.27. The zero-order chi connectivity index (χ0) is 13.9. The Morgan fingerprint density at radius 2 is 2.15 bits per heavy atom. The molecule has 2 N–H and O–H groups in total. The van der Waals surface area contributed by atoms with Gasteiger partial charge in [0.05, 0.1) is 0 Å². The maximum Gasteiger partial charge on any atom is 0.0469 e. The molecule has 1 fully saturated rings. The predicted molar refractivity (Wildman–Crippen MR) is 83.3 cm³/mol. The first-order valence-electron chi connectivity index (χ1n) is 7.93. The van der Waals surface area contributed by atoms with Crippen LogP contribution in [0.15, 0.2) is 18.2 Å². The molecular formula is C17H26N2O. The Morgan fingerprint density at radius 3 is 2.90 bits per heavy atom. The lowest BCUT2D eigenvalue weighted by molar-refractivity contribution is 0.0683. The normalized spacial score (nSPS) is 21.0. The van der Waals surface area contributed by atoms with Gasteiger partial charge >= 0.3 is 0 Å². The number of nitrogens with two attached hydrogens (primary N) is 1. The monoisotopic (exact) mass is 274 g/mol. The summed E-state index contributed by atoms with van der Waals surface area (Å²) in [7, 11) is 0. The van der Waals surface area contributed by atoms with Gasteiger partial charge in [-0.15, -0.1) is 0 Å². The molecule has 2 aliphatic rings. The van der Waals surface area contributed by atoms with Gasteiger partial charge in [-0.2, -0.15) is 0 Å². The van der Waals surface area contributed by atoms with Gasteiger partial charge in [-0.05, 0) is 55.7 Å². The van der Waals surface area contributed by atoms with Crippen LogP contribution >= 0.6 is 0 Å². The third kappa shape index (κ3) is 2.99. The van der Waals surface area contributed by atoms with E-state index in [1.807, 2.05) is 0 Å². The summed E-state index contributed by atoms with van der Waals surface area (Å²) in [6.45, 7) is 6.33. The Bertz CT molecular complexity index is 452. The van der Waals surface area contributed by atoms with E-state index in [4.69, 9.17) is 10.5 Å². The Morgan fingerprint density at radius 1 is 1.35 bits per heavy atom. The van der Waals surface area contributed by atoms with Gasteiger partial charge in [-0.3, -0.25) is 0 Å². The van der Waals surface area contributed by atoms with Crippen LogP contribution in [0.3, 0.4) is 0 Å². The smallest absolute Gasteiger partial charge is 0.0469 e. The van der Waals surface area contributed by atoms with Gasteiger partial charge in [0.2, 0.25) is 0 Å². The van der Waals surface area contributed by atoms with Crippen molar-refractivity contribution < 1.29 is 4.74 Å². The molecule has 2 aliphatic heterocycles. The number of anilines is 1. The van der Waals surface area contributed by atoms with E-state index in [2.05, 4.69) is 30.0 Å². The Hall–Kier alpha value is -1.06. The minimum atomic E-state index is 0.242. The number of rotatable bonds is 4. The third-order valence-electron chi connectivity index (χ3n) is 4.58. The van der Waals surface area contributed by atoms with E-state index in [9.17, 15) is 0 Å². The summed E-state index contributed by atoms with van der Waals surface area (Å²) in [4.78, 5) is 2.58. The van der Waals surface area contributed by atoms with Crippen molar-refractivity contribution in [2.45, 2.75) is 38.6 Å². The summed E-state index contributed by atoms with van der Waals surface area (Å²) in [5.41, 5.74) is 10.4. The second-order valence-corrected chi connectivity index (χ2v) is 6.35. The van der Waals surface area contributed by atoms with Crippen molar-refractivity contribution >= 4 is 5.69 Å². The summed E-state index contributed by atoms with van der Waals surface area (Å²) in [5.74, 6) is 0.798. The Balaban J connectivity index is 1.72. The molecule has 20 heavy (non-hydrogen) atoms. The fourth-order valence-corrected chi connectivity index (χ4v) is 3.54. The molecule has 3 nitrogen and oxygen atoms in total. The first kappa shape index (κ1) is 13.9. The molecule has 0 radical (unpaired) electrons. The van der Waals surface area contributed by atoms with Crippen LogP contribution in [0.25, 0.3) is 0 Å². The molecule has 0 amide bonds. The van der Waals surface area contributed by atoms with Crippen LogP contribution in [0.4, 0.5) is 5.69 Å². The highest BCUT2D eigenvalue weighted by molar-refractivity contribution is 5.61. The first-order chi connectivity index (χ1) is 9.74. The van der Waals surface area contributed by atoms with Gasteiger partial charge < -0.3 is 15.4 Å². The average molecular weight is 274 g/mol. The SMILES string of the molecule is CC(N)Cc1cccc2c1CCN2CC1CCOCC1. The molecule has 0 aliphatic carbocycles. The van der Waals surface area contributed by atoms with Crippen molar-refractivity contribution in [2.24, 2.45) is 11.7 Å². The number of fused-ring (bicyclic) bond motifs is 1. The van der Waals surface area contributed by atoms with E-state index in [1.165, 1.54) is 49.2 Å². The molecule has 0 spiro atoms. The lowest BCUT2D eigenvalue weighted by atomic mass is 9.98. The zero-order valence-corrected chi connectivity index (χ0v) is 12.5. The summed E-state index contributed by atoms with van der Waals surface area (Å²) in [6, 6.07) is 6.97. The molecule has 0 bridgehead atoms. The van der Waals surface area contributed by atoms with Crippen LogP contribution in [-0.4, -0.2) is 32.3 Å². The first-order valence-corrected chi connectivity index (χ1v) is 7.93. The van der Waals surface area contributed by atoms with Crippen LogP contribution in [0, 0.1) is 5.92 Å². The molecule has 0 aromatic heterocycles. The van der Waals surface area contributed by atoms with Gasteiger partial charge in [0.15, 0.2) is 0 Å². The summed E-state index contributed by atoms with van der Waals surface area (Å²) in [6.07, 6.45) is 4.60. The number of nitrogens with zero attached hydrogens (tertiary/aromatic N) is 1. The fourth-order valence-electron chi connectivity index (χ4n) is 3.54. The molecule has 1 saturated heterocycles. The zero-order valence-electron chi connectivity index (χ0n) is 12.5. The Labute approximate surface area is 122 Å². The number of benzene rings is 1. The second kappa shape index (κ2) is 6.15. The van der Waals surface area contributed by atoms with E-state index < -0.39 is 0 Å². The van der Waals surface area contributed by atoms with Crippen molar-refractivity contribution in [2.75, 3.05) is 31.2 Å². The summed E-state index contributed by atoms with van der Waals surface area (Å²) < 4.78 is 5.46. The van der Waals surface area contributed by atoms with E-state index in [0.717, 1.165) is 25.6 Å². The van der Waals surface area contributed by atoms with Crippen LogP contribution in [0.2, 0.25) is 0 Å². The minimum absolute atomic E-state index is 0.242. The van der Waals surface area contributed by atoms with Gasteiger partial charge in [-0.25, -0.2) is 0 Å². The quantitative estimate of drug-likeness (QED) is 0.916. The number of hydrogen-bond acceptors (Lipinski definition) is 3. The van der Waals surface area contributed by atoms with Crippen LogP contribution in [-0.2, 0) is 17.6 Å². The van der Waals surface area contributed by atoms with Gasteiger partial charge in [-0.1, -0.05) is 12.1 Å². The topological polar surface area (TPSA) is 38.5 Å². The van der Waals surface area contributed by atoms with Gasteiger partial charge in [0.1, 0.15) is 0 Å². The van der Waals surface area contributed by atoms with E-state index >= 15 is 0 Å². The molecule has 1 unspecified atom stereocenters. The van der Waals surface area contributed by atoms with E-state index in [-0.39, 0.29) is 6.04 Å². The number of hydrogen-bond donors (Lipinski definition) is 1. The lowest BCUT2D eigenvalue weighted by Crippen LogP contribution is -2.31. The van der Waals surface area contributed by atoms with Crippen molar-refractivity contribution in [3.8, 4) is 0 Å². The van der Waals surface area contributed by atoms with Crippen LogP contribution < -0.4 is 10.6 Å². The highest BCUT2D eigenvalue weighted by atomic mass is 16.5. The molecule has 1 atom stereocenters. The van der Waals surface area contributed by atoms with Gasteiger partial charge in [0.25, 0.3) is 0 Å². The molecule has 1 aromatic rings. The third-order valence-corrected chi connectivity index (χ3v) is 4.58. The maximum atomic E-state index is 5.98. The standard InChI is InChI=1S/C17H26N2O/c1-13(18)11-15-3-2-4-17-16(15)5-8-19(17)12-14-6-9-20-10-7-14/h2-4,13-14H,5-12,18H2,1H3. The minimum Gasteiger partial charge on any atom is -0.381 e. The van der Waals surface area contributed by atoms with Crippen molar-refractivity contribution in [1.29, 1.82) is 0 Å². The van der Waals surface area contributed by atoms with Crippen molar-refractivity contribution in [3.63, 3.8) is 0 Å². The lowest BCUT2D eigenvalue weighted by Gasteiger charge is -2.28. The summed E-state index contributed by atoms with van der Waals surface area (Å²) in [5, 5.41) is 0. The molecule has 1 aromatic carbocycles. The molecule has 3 rings (SSSR count). The molecule has 110 valence electrons. The highest BCUT2D eigenvalue weighted by Gasteiger charge is 2.25.